The molecule has 2 saturated heterocycles. The van der Waals surface area contributed by atoms with E-state index in [0.29, 0.717) is 24.8 Å². The third-order valence-electron chi connectivity index (χ3n) is 7.09. The number of fused-ring (bicyclic) bond motifs is 1. The summed E-state index contributed by atoms with van der Waals surface area (Å²) in [5, 5.41) is 0. The number of hydrogen-bond acceptors (Lipinski definition) is 6. The first-order chi connectivity index (χ1) is 12.5. The first-order valence-corrected chi connectivity index (χ1v) is 9.14. The van der Waals surface area contributed by atoms with Gasteiger partial charge in [0.25, 0.3) is 0 Å². The summed E-state index contributed by atoms with van der Waals surface area (Å²) in [5.74, 6) is -1.04. The number of ether oxygens (including phenoxy) is 2. The molecule has 136 valence electrons. The minimum atomic E-state index is -0.980. The highest BCUT2D eigenvalue weighted by Gasteiger charge is 2.71. The van der Waals surface area contributed by atoms with Gasteiger partial charge >= 0.3 is 11.9 Å². The lowest BCUT2D eigenvalue weighted by atomic mass is 9.46. The molecule has 6 heteroatoms. The third-order valence-corrected chi connectivity index (χ3v) is 7.09. The van der Waals surface area contributed by atoms with Gasteiger partial charge in [-0.3, -0.25) is 9.59 Å². The number of ketones is 1. The van der Waals surface area contributed by atoms with Crippen LogP contribution in [0.15, 0.2) is 34.7 Å². The number of rotatable bonds is 1. The zero-order valence-corrected chi connectivity index (χ0v) is 14.5. The van der Waals surface area contributed by atoms with Gasteiger partial charge in [0.1, 0.15) is 18.5 Å². The van der Waals surface area contributed by atoms with E-state index >= 15 is 0 Å². The van der Waals surface area contributed by atoms with E-state index in [1.54, 1.807) is 18.6 Å². The fourth-order valence-corrected chi connectivity index (χ4v) is 5.82. The summed E-state index contributed by atoms with van der Waals surface area (Å²) in [7, 11) is 0. The van der Waals surface area contributed by atoms with Crippen LogP contribution >= 0.6 is 0 Å². The molecule has 26 heavy (non-hydrogen) atoms. The minimum absolute atomic E-state index is 0.0250. The molecule has 2 aliphatic carbocycles. The van der Waals surface area contributed by atoms with E-state index in [2.05, 4.69) is 0 Å². The van der Waals surface area contributed by atoms with E-state index in [9.17, 15) is 14.4 Å². The highest BCUT2D eigenvalue weighted by Crippen LogP contribution is 2.66. The highest BCUT2D eigenvalue weighted by molar-refractivity contribution is 6.05. The van der Waals surface area contributed by atoms with Gasteiger partial charge in [-0.05, 0) is 30.7 Å². The third kappa shape index (κ3) is 1.70. The van der Waals surface area contributed by atoms with E-state index < -0.39 is 16.8 Å². The van der Waals surface area contributed by atoms with Crippen molar-refractivity contribution in [1.82, 2.24) is 0 Å². The Morgan fingerprint density at radius 1 is 1.23 bits per heavy atom. The van der Waals surface area contributed by atoms with Crippen molar-refractivity contribution in [2.24, 2.45) is 22.7 Å². The monoisotopic (exact) mass is 356 g/mol. The number of allylic oxidation sites excluding steroid dienone is 1. The van der Waals surface area contributed by atoms with Crippen molar-refractivity contribution in [1.29, 1.82) is 0 Å². The molecule has 5 atom stereocenters. The van der Waals surface area contributed by atoms with Crippen molar-refractivity contribution in [2.45, 2.75) is 38.7 Å². The average molecular weight is 356 g/mol. The molecule has 3 heterocycles. The molecule has 1 aromatic heterocycles. The molecule has 2 aliphatic heterocycles. The zero-order chi connectivity index (χ0) is 18.1. The van der Waals surface area contributed by atoms with Crippen LogP contribution in [0.25, 0.3) is 0 Å². The number of carbonyl (C=O) groups excluding carboxylic acids is 3. The van der Waals surface area contributed by atoms with Gasteiger partial charge in [-0.15, -0.1) is 0 Å². The Balaban J connectivity index is 1.63. The normalized spacial score (nSPS) is 41.5. The Bertz CT molecular complexity index is 836. The second-order valence-corrected chi connectivity index (χ2v) is 8.02. The Labute approximate surface area is 150 Å². The maximum Gasteiger partial charge on any atom is 0.334 e. The predicted molar refractivity (Wildman–Crippen MR) is 87.6 cm³/mol. The zero-order valence-electron chi connectivity index (χ0n) is 14.5. The van der Waals surface area contributed by atoms with Crippen molar-refractivity contribution in [3.8, 4) is 0 Å². The van der Waals surface area contributed by atoms with Crippen LogP contribution in [0.3, 0.4) is 0 Å². The number of carbonyl (C=O) groups is 3. The van der Waals surface area contributed by atoms with Gasteiger partial charge in [0.2, 0.25) is 0 Å². The molecule has 0 amide bonds. The second-order valence-electron chi connectivity index (χ2n) is 8.02. The van der Waals surface area contributed by atoms with Crippen LogP contribution in [-0.4, -0.2) is 24.3 Å². The van der Waals surface area contributed by atoms with Crippen molar-refractivity contribution < 1.29 is 28.3 Å². The Morgan fingerprint density at radius 2 is 2.08 bits per heavy atom. The molecular weight excluding hydrogens is 336 g/mol. The first-order valence-electron chi connectivity index (χ1n) is 9.14. The van der Waals surface area contributed by atoms with Crippen LogP contribution in [0.1, 0.15) is 44.3 Å². The molecule has 0 radical (unpaired) electrons. The van der Waals surface area contributed by atoms with Gasteiger partial charge in [0.05, 0.1) is 28.9 Å². The summed E-state index contributed by atoms with van der Waals surface area (Å²) in [6.45, 7) is 2.01. The van der Waals surface area contributed by atoms with Gasteiger partial charge in [-0.25, -0.2) is 4.79 Å². The molecule has 2 spiro atoms. The van der Waals surface area contributed by atoms with Crippen molar-refractivity contribution in [3.05, 3.63) is 35.8 Å². The quantitative estimate of drug-likeness (QED) is 0.720. The molecule has 0 bridgehead atoms. The Hall–Kier alpha value is -2.37. The molecule has 6 nitrogen and oxygen atoms in total. The lowest BCUT2D eigenvalue weighted by Crippen LogP contribution is -2.59. The summed E-state index contributed by atoms with van der Waals surface area (Å²) >= 11 is 0. The summed E-state index contributed by atoms with van der Waals surface area (Å²) in [5.41, 5.74) is -0.460. The lowest BCUT2D eigenvalue weighted by molar-refractivity contribution is -0.166. The Kier molecular flexibility index (Phi) is 3.10. The van der Waals surface area contributed by atoms with Crippen LogP contribution in [0.5, 0.6) is 0 Å². The molecule has 1 aromatic rings. The van der Waals surface area contributed by atoms with Crippen LogP contribution in [0, 0.1) is 22.7 Å². The van der Waals surface area contributed by atoms with E-state index in [-0.39, 0.29) is 42.7 Å². The summed E-state index contributed by atoms with van der Waals surface area (Å²) < 4.78 is 16.2. The fraction of sp³-hybridized carbons (Fsp3) is 0.550. The largest absolute Gasteiger partial charge is 0.472 e. The van der Waals surface area contributed by atoms with E-state index in [1.807, 2.05) is 13.0 Å². The second kappa shape index (κ2) is 5.09. The predicted octanol–water partition coefficient (Wildman–Crippen LogP) is 2.74. The van der Waals surface area contributed by atoms with Crippen molar-refractivity contribution >= 4 is 17.7 Å². The molecule has 0 aromatic carbocycles. The number of hydrogen-bond donors (Lipinski definition) is 0. The van der Waals surface area contributed by atoms with Gasteiger partial charge in [0.15, 0.2) is 0 Å². The maximum atomic E-state index is 13.2. The Morgan fingerprint density at radius 3 is 2.85 bits per heavy atom. The molecule has 3 fully saturated rings. The van der Waals surface area contributed by atoms with Gasteiger partial charge in [-0.1, -0.05) is 13.0 Å². The molecule has 0 N–H and O–H groups in total. The van der Waals surface area contributed by atoms with E-state index in [4.69, 9.17) is 13.9 Å². The van der Waals surface area contributed by atoms with Crippen LogP contribution in [-0.2, 0) is 23.9 Å². The molecule has 1 saturated carbocycles. The standard InChI is InChI=1S/C20H20O6/c1-11-7-16(21)20-10-25-17(22)13(20)3-2-4-15(20)19(11)8-14(26-18(19)23)12-5-6-24-9-12/h3,5-6,9,11,14-15H,2,4,7-8,10H2,1H3/t11-,14+,15-,19-,20?/m1/s1. The van der Waals surface area contributed by atoms with Crippen molar-refractivity contribution in [3.63, 3.8) is 0 Å². The number of esters is 2. The van der Waals surface area contributed by atoms with Crippen LogP contribution in [0.2, 0.25) is 0 Å². The number of Topliss-reactive ketones (excluding diaryl/α,β-unsaturated/α-hetero) is 1. The summed E-state index contributed by atoms with van der Waals surface area (Å²) in [6, 6.07) is 1.81. The summed E-state index contributed by atoms with van der Waals surface area (Å²) in [6.07, 6.45) is 6.74. The first kappa shape index (κ1) is 15.9. The molecule has 4 aliphatic rings. The molecular formula is C20H20O6. The average Bonchev–Trinajstić information content (AvgIpc) is 3.33. The van der Waals surface area contributed by atoms with Gasteiger partial charge in [-0.2, -0.15) is 0 Å². The minimum Gasteiger partial charge on any atom is -0.472 e. The smallest absolute Gasteiger partial charge is 0.334 e. The highest BCUT2D eigenvalue weighted by atomic mass is 16.6. The molecule has 5 rings (SSSR count). The maximum absolute atomic E-state index is 13.2. The van der Waals surface area contributed by atoms with E-state index in [0.717, 1.165) is 5.56 Å². The number of furan rings is 1. The number of cyclic esters (lactones) is 2. The van der Waals surface area contributed by atoms with Crippen LogP contribution in [0.4, 0.5) is 0 Å². The van der Waals surface area contributed by atoms with E-state index in [1.165, 1.54) is 0 Å². The van der Waals surface area contributed by atoms with Crippen molar-refractivity contribution in [2.75, 3.05) is 6.61 Å². The van der Waals surface area contributed by atoms with Gasteiger partial charge < -0.3 is 13.9 Å². The molecule has 1 unspecified atom stereocenters. The van der Waals surface area contributed by atoms with Gasteiger partial charge in [0, 0.05) is 18.4 Å². The summed E-state index contributed by atoms with van der Waals surface area (Å²) in [4.78, 5) is 38.5. The topological polar surface area (TPSA) is 82.8 Å². The lowest BCUT2D eigenvalue weighted by Gasteiger charge is -2.52. The van der Waals surface area contributed by atoms with Crippen LogP contribution < -0.4 is 0 Å². The SMILES string of the molecule is C[C@@H]1CC(=O)C23COC(=O)C2=CCC[C@@H]3[C@@]12C[C@@H](c1ccoc1)OC2=O. The fourth-order valence-electron chi connectivity index (χ4n) is 5.82.